The summed E-state index contributed by atoms with van der Waals surface area (Å²) in [6.07, 6.45) is 0. The molecule has 1 heterocycles. The molecule has 0 aromatic carbocycles. The first kappa shape index (κ1) is 7.61. The predicted octanol–water partition coefficient (Wildman–Crippen LogP) is 2.17. The Morgan fingerprint density at radius 3 is 2.30 bits per heavy atom. The van der Waals surface area contributed by atoms with Gasteiger partial charge in [-0.2, -0.15) is 5.10 Å². The van der Waals surface area contributed by atoms with Crippen LogP contribution in [0.4, 0.5) is 0 Å². The smallest absolute Gasteiger partial charge is 0.130 e. The first-order valence-electron chi connectivity index (χ1n) is 3.36. The van der Waals surface area contributed by atoms with Crippen LogP contribution in [0.5, 0.6) is 0 Å². The molecule has 0 spiro atoms. The van der Waals surface area contributed by atoms with Gasteiger partial charge in [0, 0.05) is 12.1 Å². The lowest BCUT2D eigenvalue weighted by atomic mass is 10.3. The summed E-state index contributed by atoms with van der Waals surface area (Å²) < 4.78 is 1.80. The van der Waals surface area contributed by atoms with Gasteiger partial charge in [-0.1, -0.05) is 11.6 Å². The van der Waals surface area contributed by atoms with E-state index in [9.17, 15) is 0 Å². The second-order valence-electron chi connectivity index (χ2n) is 2.32. The molecule has 0 saturated carbocycles. The Hall–Kier alpha value is -0.500. The molecular formula is C7H11ClN2. The van der Waals surface area contributed by atoms with Gasteiger partial charge in [-0.25, -0.2) is 0 Å². The van der Waals surface area contributed by atoms with Crippen molar-refractivity contribution in [3.63, 3.8) is 0 Å². The average Bonchev–Trinajstić information content (AvgIpc) is 2.17. The van der Waals surface area contributed by atoms with E-state index < -0.39 is 0 Å². The van der Waals surface area contributed by atoms with Gasteiger partial charge in [-0.15, -0.1) is 0 Å². The van der Waals surface area contributed by atoms with Gasteiger partial charge in [0.25, 0.3) is 0 Å². The van der Waals surface area contributed by atoms with E-state index in [1.165, 1.54) is 0 Å². The Morgan fingerprint density at radius 2 is 2.10 bits per heavy atom. The third-order valence-electron chi connectivity index (χ3n) is 1.65. The van der Waals surface area contributed by atoms with Gasteiger partial charge < -0.3 is 0 Å². The van der Waals surface area contributed by atoms with E-state index in [1.807, 2.05) is 20.8 Å². The Bertz CT molecular complexity index is 240. The minimum Gasteiger partial charge on any atom is -0.254 e. The fraction of sp³-hybridized carbons (Fsp3) is 0.571. The van der Waals surface area contributed by atoms with Crippen molar-refractivity contribution in [2.75, 3.05) is 0 Å². The van der Waals surface area contributed by atoms with Crippen molar-refractivity contribution in [2.24, 2.45) is 0 Å². The maximum absolute atomic E-state index is 5.91. The molecule has 0 aliphatic heterocycles. The van der Waals surface area contributed by atoms with E-state index in [0.717, 1.165) is 23.0 Å². The number of aromatic nitrogens is 2. The van der Waals surface area contributed by atoms with Crippen LogP contribution >= 0.6 is 11.6 Å². The van der Waals surface area contributed by atoms with Gasteiger partial charge in [-0.3, -0.25) is 4.68 Å². The van der Waals surface area contributed by atoms with E-state index in [1.54, 1.807) is 4.68 Å². The van der Waals surface area contributed by atoms with Crippen LogP contribution in [-0.4, -0.2) is 9.78 Å². The molecule has 0 aliphatic rings. The van der Waals surface area contributed by atoms with Gasteiger partial charge >= 0.3 is 0 Å². The standard InChI is InChI=1S/C7H11ClN2/c1-4-10-7(8)5(2)6(3)9-10/h4H2,1-3H3. The van der Waals surface area contributed by atoms with Crippen molar-refractivity contribution in [3.05, 3.63) is 16.4 Å². The molecule has 0 bridgehead atoms. The zero-order valence-corrected chi connectivity index (χ0v) is 7.24. The van der Waals surface area contributed by atoms with Crippen LogP contribution in [0.2, 0.25) is 5.15 Å². The second-order valence-corrected chi connectivity index (χ2v) is 2.67. The number of hydrogen-bond donors (Lipinski definition) is 0. The fourth-order valence-electron chi connectivity index (χ4n) is 0.852. The van der Waals surface area contributed by atoms with E-state index in [2.05, 4.69) is 5.10 Å². The van der Waals surface area contributed by atoms with Gasteiger partial charge in [0.1, 0.15) is 5.15 Å². The van der Waals surface area contributed by atoms with E-state index in [-0.39, 0.29) is 0 Å². The quantitative estimate of drug-likeness (QED) is 0.613. The average molecular weight is 159 g/mol. The van der Waals surface area contributed by atoms with Crippen molar-refractivity contribution >= 4 is 11.6 Å². The zero-order chi connectivity index (χ0) is 7.72. The summed E-state index contributed by atoms with van der Waals surface area (Å²) in [5.74, 6) is 0. The third kappa shape index (κ3) is 1.03. The maximum Gasteiger partial charge on any atom is 0.130 e. The Balaban J connectivity index is 3.17. The van der Waals surface area contributed by atoms with Crippen LogP contribution in [0.15, 0.2) is 0 Å². The van der Waals surface area contributed by atoms with Gasteiger partial charge in [0.15, 0.2) is 0 Å². The molecule has 0 radical (unpaired) electrons. The molecule has 0 atom stereocenters. The maximum atomic E-state index is 5.91. The minimum absolute atomic E-state index is 0.764. The van der Waals surface area contributed by atoms with E-state index >= 15 is 0 Å². The molecule has 0 amide bonds. The van der Waals surface area contributed by atoms with Crippen molar-refractivity contribution in [1.29, 1.82) is 0 Å². The monoisotopic (exact) mass is 158 g/mol. The van der Waals surface area contributed by atoms with Gasteiger partial charge in [-0.05, 0) is 20.8 Å². The van der Waals surface area contributed by atoms with Crippen LogP contribution in [0.1, 0.15) is 18.2 Å². The molecule has 56 valence electrons. The highest BCUT2D eigenvalue weighted by atomic mass is 35.5. The summed E-state index contributed by atoms with van der Waals surface area (Å²) in [6, 6.07) is 0. The number of nitrogens with zero attached hydrogens (tertiary/aromatic N) is 2. The van der Waals surface area contributed by atoms with Crippen molar-refractivity contribution < 1.29 is 0 Å². The van der Waals surface area contributed by atoms with Crippen molar-refractivity contribution in [3.8, 4) is 0 Å². The Labute approximate surface area is 65.8 Å². The molecule has 1 aromatic heterocycles. The van der Waals surface area contributed by atoms with Crippen LogP contribution in [0, 0.1) is 13.8 Å². The minimum atomic E-state index is 0.764. The highest BCUT2D eigenvalue weighted by Gasteiger charge is 2.05. The molecule has 0 N–H and O–H groups in total. The normalized spacial score (nSPS) is 10.4. The summed E-state index contributed by atoms with van der Waals surface area (Å²) >= 11 is 5.91. The van der Waals surface area contributed by atoms with Gasteiger partial charge in [0.05, 0.1) is 5.69 Å². The number of hydrogen-bond acceptors (Lipinski definition) is 1. The SMILES string of the molecule is CCn1nc(C)c(C)c1Cl. The van der Waals surface area contributed by atoms with Gasteiger partial charge in [0.2, 0.25) is 0 Å². The third-order valence-corrected chi connectivity index (χ3v) is 2.13. The molecule has 1 rings (SSSR count). The molecule has 0 aliphatic carbocycles. The zero-order valence-electron chi connectivity index (χ0n) is 6.48. The Morgan fingerprint density at radius 1 is 1.50 bits per heavy atom. The highest BCUT2D eigenvalue weighted by Crippen LogP contribution is 2.17. The Kier molecular flexibility index (Phi) is 2.00. The second kappa shape index (κ2) is 2.62. The molecular weight excluding hydrogens is 148 g/mol. The number of halogens is 1. The van der Waals surface area contributed by atoms with Crippen molar-refractivity contribution in [2.45, 2.75) is 27.3 Å². The van der Waals surface area contributed by atoms with Crippen LogP contribution < -0.4 is 0 Å². The topological polar surface area (TPSA) is 17.8 Å². The summed E-state index contributed by atoms with van der Waals surface area (Å²) in [7, 11) is 0. The molecule has 10 heavy (non-hydrogen) atoms. The largest absolute Gasteiger partial charge is 0.254 e. The number of rotatable bonds is 1. The molecule has 0 unspecified atom stereocenters. The lowest BCUT2D eigenvalue weighted by Gasteiger charge is -1.94. The highest BCUT2D eigenvalue weighted by molar-refractivity contribution is 6.30. The molecule has 0 fully saturated rings. The van der Waals surface area contributed by atoms with Crippen LogP contribution in [0.3, 0.4) is 0 Å². The van der Waals surface area contributed by atoms with Crippen LogP contribution in [0.25, 0.3) is 0 Å². The predicted molar refractivity (Wildman–Crippen MR) is 42.4 cm³/mol. The lowest BCUT2D eigenvalue weighted by Crippen LogP contribution is -1.95. The lowest BCUT2D eigenvalue weighted by molar-refractivity contribution is 0.654. The fourth-order valence-corrected chi connectivity index (χ4v) is 1.15. The first-order valence-corrected chi connectivity index (χ1v) is 3.74. The van der Waals surface area contributed by atoms with Crippen LogP contribution in [-0.2, 0) is 6.54 Å². The summed E-state index contributed by atoms with van der Waals surface area (Å²) in [4.78, 5) is 0. The first-order chi connectivity index (χ1) is 4.66. The molecule has 2 nitrogen and oxygen atoms in total. The summed E-state index contributed by atoms with van der Waals surface area (Å²) in [5, 5.41) is 4.98. The van der Waals surface area contributed by atoms with Crippen molar-refractivity contribution in [1.82, 2.24) is 9.78 Å². The van der Waals surface area contributed by atoms with E-state index in [4.69, 9.17) is 11.6 Å². The summed E-state index contributed by atoms with van der Waals surface area (Å²) in [5.41, 5.74) is 2.11. The summed E-state index contributed by atoms with van der Waals surface area (Å²) in [6.45, 7) is 6.81. The molecule has 0 saturated heterocycles. The van der Waals surface area contributed by atoms with E-state index in [0.29, 0.717) is 0 Å². The number of aryl methyl sites for hydroxylation is 2. The molecule has 1 aromatic rings. The molecule has 3 heteroatoms.